The number of hydrogen-bond acceptors (Lipinski definition) is 4. The van der Waals surface area contributed by atoms with Gasteiger partial charge in [-0.05, 0) is 5.21 Å². The van der Waals surface area contributed by atoms with Crippen molar-refractivity contribution in [3.05, 3.63) is 11.9 Å². The van der Waals surface area contributed by atoms with E-state index in [1.807, 2.05) is 0 Å². The molecule has 60 valence electrons. The molecule has 1 heterocycles. The molecule has 1 amide bonds. The monoisotopic (exact) mass is 156 g/mol. The van der Waals surface area contributed by atoms with Crippen LogP contribution in [0.5, 0.6) is 0 Å². The summed E-state index contributed by atoms with van der Waals surface area (Å²) < 4.78 is 0. The van der Waals surface area contributed by atoms with Crippen LogP contribution in [-0.2, 0) is 0 Å². The molecular formula is C5H8N4O2. The Morgan fingerprint density at radius 2 is 2.36 bits per heavy atom. The van der Waals surface area contributed by atoms with Crippen LogP contribution >= 0.6 is 0 Å². The predicted molar refractivity (Wildman–Crippen MR) is 35.2 cm³/mol. The van der Waals surface area contributed by atoms with Crippen molar-refractivity contribution < 1.29 is 10.0 Å². The predicted octanol–water partition coefficient (Wildman–Crippen LogP) is -0.783. The highest BCUT2D eigenvalue weighted by Gasteiger charge is 2.13. The van der Waals surface area contributed by atoms with E-state index in [0.29, 0.717) is 4.85 Å². The zero-order valence-corrected chi connectivity index (χ0v) is 6.22. The maximum atomic E-state index is 11.1. The van der Waals surface area contributed by atoms with Crippen LogP contribution in [0.15, 0.2) is 6.20 Å². The summed E-state index contributed by atoms with van der Waals surface area (Å²) in [7, 11) is 3.16. The minimum absolute atomic E-state index is 0.0509. The second-order valence-corrected chi connectivity index (χ2v) is 2.21. The van der Waals surface area contributed by atoms with Gasteiger partial charge in [0.05, 0.1) is 6.20 Å². The third-order valence-corrected chi connectivity index (χ3v) is 1.16. The molecule has 6 heteroatoms. The number of carbonyl (C=O) groups excluding carboxylic acids is 1. The first kappa shape index (κ1) is 7.52. The van der Waals surface area contributed by atoms with E-state index in [9.17, 15) is 4.79 Å². The lowest BCUT2D eigenvalue weighted by atomic mass is 10.4. The fourth-order valence-electron chi connectivity index (χ4n) is 0.599. The fourth-order valence-corrected chi connectivity index (χ4v) is 0.599. The van der Waals surface area contributed by atoms with E-state index in [1.54, 1.807) is 14.1 Å². The minimum Gasteiger partial charge on any atom is -0.410 e. The normalized spacial score (nSPS) is 9.64. The van der Waals surface area contributed by atoms with E-state index < -0.39 is 0 Å². The van der Waals surface area contributed by atoms with Crippen molar-refractivity contribution in [1.82, 2.24) is 20.1 Å². The molecule has 0 spiro atoms. The van der Waals surface area contributed by atoms with Crippen molar-refractivity contribution in [2.45, 2.75) is 0 Å². The van der Waals surface area contributed by atoms with Gasteiger partial charge in [0.2, 0.25) is 0 Å². The average Bonchev–Trinajstić information content (AvgIpc) is 2.33. The van der Waals surface area contributed by atoms with Crippen molar-refractivity contribution >= 4 is 5.91 Å². The van der Waals surface area contributed by atoms with Gasteiger partial charge in [0.1, 0.15) is 0 Å². The van der Waals surface area contributed by atoms with E-state index in [2.05, 4.69) is 10.3 Å². The summed E-state index contributed by atoms with van der Waals surface area (Å²) in [5.41, 5.74) is 0.0509. The maximum Gasteiger partial charge on any atom is 0.277 e. The topological polar surface area (TPSA) is 71.2 Å². The third kappa shape index (κ3) is 1.28. The van der Waals surface area contributed by atoms with Crippen LogP contribution in [0.25, 0.3) is 0 Å². The summed E-state index contributed by atoms with van der Waals surface area (Å²) in [6.45, 7) is 0. The smallest absolute Gasteiger partial charge is 0.277 e. The molecule has 0 saturated carbocycles. The van der Waals surface area contributed by atoms with E-state index >= 15 is 0 Å². The van der Waals surface area contributed by atoms with Crippen molar-refractivity contribution in [3.63, 3.8) is 0 Å². The van der Waals surface area contributed by atoms with Crippen LogP contribution in [-0.4, -0.2) is 45.3 Å². The van der Waals surface area contributed by atoms with Gasteiger partial charge >= 0.3 is 0 Å². The van der Waals surface area contributed by atoms with Gasteiger partial charge < -0.3 is 10.1 Å². The summed E-state index contributed by atoms with van der Waals surface area (Å²) in [5, 5.41) is 15.4. The summed E-state index contributed by atoms with van der Waals surface area (Å²) >= 11 is 0. The third-order valence-electron chi connectivity index (χ3n) is 1.16. The molecule has 0 aliphatic heterocycles. The Kier molecular flexibility index (Phi) is 1.75. The SMILES string of the molecule is CN(C)C(=O)c1cnnn1O. The Morgan fingerprint density at radius 3 is 2.73 bits per heavy atom. The fraction of sp³-hybridized carbons (Fsp3) is 0.400. The summed E-state index contributed by atoms with van der Waals surface area (Å²) in [5.74, 6) is -0.336. The zero-order chi connectivity index (χ0) is 8.43. The van der Waals surface area contributed by atoms with Crippen LogP contribution in [0.3, 0.4) is 0 Å². The highest BCUT2D eigenvalue weighted by Crippen LogP contribution is 1.96. The molecule has 0 aromatic carbocycles. The molecule has 0 aliphatic carbocycles. The highest BCUT2D eigenvalue weighted by molar-refractivity contribution is 5.91. The number of rotatable bonds is 1. The highest BCUT2D eigenvalue weighted by atomic mass is 16.5. The largest absolute Gasteiger partial charge is 0.410 e. The average molecular weight is 156 g/mol. The van der Waals surface area contributed by atoms with Gasteiger partial charge in [0.15, 0.2) is 5.69 Å². The molecule has 0 fully saturated rings. The molecule has 1 aromatic heterocycles. The van der Waals surface area contributed by atoms with Gasteiger partial charge in [-0.1, -0.05) is 4.85 Å². The van der Waals surface area contributed by atoms with Gasteiger partial charge in [0, 0.05) is 14.1 Å². The molecule has 0 aliphatic rings. The molecule has 6 nitrogen and oxygen atoms in total. The van der Waals surface area contributed by atoms with Crippen LogP contribution in [0.2, 0.25) is 0 Å². The van der Waals surface area contributed by atoms with Gasteiger partial charge in [0.25, 0.3) is 5.91 Å². The zero-order valence-electron chi connectivity index (χ0n) is 6.22. The van der Waals surface area contributed by atoms with Gasteiger partial charge in [-0.3, -0.25) is 4.79 Å². The Balaban J connectivity index is 2.93. The number of hydrogen-bond donors (Lipinski definition) is 1. The lowest BCUT2D eigenvalue weighted by Crippen LogP contribution is -2.24. The standard InChI is InChI=1S/C5H8N4O2/c1-8(2)5(10)4-3-6-7-9(4)11/h3,11H,1-2H3. The second-order valence-electron chi connectivity index (χ2n) is 2.21. The van der Waals surface area contributed by atoms with Crippen LogP contribution in [0.1, 0.15) is 10.5 Å². The quantitative estimate of drug-likeness (QED) is 0.541. The first-order valence-electron chi connectivity index (χ1n) is 2.94. The molecule has 0 bridgehead atoms. The Hall–Kier alpha value is -1.59. The summed E-state index contributed by atoms with van der Waals surface area (Å²) in [4.78, 5) is 12.9. The molecule has 0 atom stereocenters. The number of aromatic nitrogens is 3. The molecule has 0 saturated heterocycles. The Morgan fingerprint density at radius 1 is 1.73 bits per heavy atom. The molecular weight excluding hydrogens is 148 g/mol. The molecule has 0 unspecified atom stereocenters. The number of amides is 1. The van der Waals surface area contributed by atoms with Crippen LogP contribution < -0.4 is 0 Å². The van der Waals surface area contributed by atoms with Crippen molar-refractivity contribution in [3.8, 4) is 0 Å². The molecule has 0 radical (unpaired) electrons. The molecule has 1 N–H and O–H groups in total. The minimum atomic E-state index is -0.336. The lowest BCUT2D eigenvalue weighted by Gasteiger charge is -2.07. The lowest BCUT2D eigenvalue weighted by molar-refractivity contribution is 0.0745. The first-order valence-corrected chi connectivity index (χ1v) is 2.94. The van der Waals surface area contributed by atoms with E-state index in [4.69, 9.17) is 5.21 Å². The summed E-state index contributed by atoms with van der Waals surface area (Å²) in [6.07, 6.45) is 1.20. The van der Waals surface area contributed by atoms with Crippen molar-refractivity contribution in [2.75, 3.05) is 14.1 Å². The Bertz CT molecular complexity index is 267. The van der Waals surface area contributed by atoms with E-state index in [1.165, 1.54) is 11.1 Å². The number of nitrogens with zero attached hydrogens (tertiary/aromatic N) is 4. The molecule has 1 aromatic rings. The van der Waals surface area contributed by atoms with E-state index in [0.717, 1.165) is 0 Å². The summed E-state index contributed by atoms with van der Waals surface area (Å²) in [6, 6.07) is 0. The second kappa shape index (κ2) is 2.57. The molecule has 11 heavy (non-hydrogen) atoms. The van der Waals surface area contributed by atoms with E-state index in [-0.39, 0.29) is 11.6 Å². The van der Waals surface area contributed by atoms with Gasteiger partial charge in [-0.2, -0.15) is 0 Å². The van der Waals surface area contributed by atoms with Crippen molar-refractivity contribution in [1.29, 1.82) is 0 Å². The Labute approximate surface area is 63.0 Å². The van der Waals surface area contributed by atoms with Gasteiger partial charge in [-0.25, -0.2) is 0 Å². The first-order chi connectivity index (χ1) is 5.13. The van der Waals surface area contributed by atoms with Gasteiger partial charge in [-0.15, -0.1) is 5.10 Å². The maximum absolute atomic E-state index is 11.1. The van der Waals surface area contributed by atoms with Crippen LogP contribution in [0, 0.1) is 0 Å². The number of carbonyl (C=O) groups is 1. The van der Waals surface area contributed by atoms with Crippen LogP contribution in [0.4, 0.5) is 0 Å². The molecule has 1 rings (SSSR count). The van der Waals surface area contributed by atoms with Crippen molar-refractivity contribution in [2.24, 2.45) is 0 Å².